The maximum Gasteiger partial charge on any atom is 0.269 e. The zero-order valence-electron chi connectivity index (χ0n) is 12.6. The van der Waals surface area contributed by atoms with Crippen molar-refractivity contribution in [2.45, 2.75) is 20.0 Å². The van der Waals surface area contributed by atoms with Crippen LogP contribution >= 0.6 is 0 Å². The van der Waals surface area contributed by atoms with Gasteiger partial charge in [0.15, 0.2) is 0 Å². The molecule has 0 heterocycles. The first-order valence-corrected chi connectivity index (χ1v) is 7.42. The van der Waals surface area contributed by atoms with Crippen LogP contribution < -0.4 is 4.90 Å². The predicted molar refractivity (Wildman–Crippen MR) is 86.2 cm³/mol. The number of hydrogen-bond acceptors (Lipinski definition) is 4. The fraction of sp³-hybridized carbons (Fsp3) is 0.294. The van der Waals surface area contributed by atoms with Crippen LogP contribution in [0.15, 0.2) is 36.4 Å². The Bertz CT molecular complexity index is 739. The highest BCUT2D eigenvalue weighted by atomic mass is 16.6. The minimum absolute atomic E-state index is 0.00886. The number of nitro benzene ring substituents is 1. The molecule has 1 atom stereocenters. The Labute approximate surface area is 129 Å². The lowest BCUT2D eigenvalue weighted by Gasteiger charge is -2.22. The van der Waals surface area contributed by atoms with Gasteiger partial charge in [0.25, 0.3) is 5.69 Å². The summed E-state index contributed by atoms with van der Waals surface area (Å²) >= 11 is 0. The smallest absolute Gasteiger partial charge is 0.269 e. The second kappa shape index (κ2) is 5.42. The SMILES string of the molecule is CCN(CC)c1ccc2c(c1)C(O)c1cc([N+](=O)[O-])ccc1-2. The molecule has 0 saturated carbocycles. The molecule has 0 amide bonds. The van der Waals surface area contributed by atoms with Gasteiger partial charge in [0.05, 0.1) is 4.92 Å². The summed E-state index contributed by atoms with van der Waals surface area (Å²) in [6.45, 7) is 5.96. The summed E-state index contributed by atoms with van der Waals surface area (Å²) < 4.78 is 0. The zero-order valence-corrected chi connectivity index (χ0v) is 12.6. The Hall–Kier alpha value is -2.40. The molecule has 0 aliphatic heterocycles. The van der Waals surface area contributed by atoms with Gasteiger partial charge in [-0.1, -0.05) is 6.07 Å². The van der Waals surface area contributed by atoms with E-state index in [1.807, 2.05) is 18.2 Å². The van der Waals surface area contributed by atoms with Crippen LogP contribution in [0.25, 0.3) is 11.1 Å². The van der Waals surface area contributed by atoms with Crippen molar-refractivity contribution in [1.29, 1.82) is 0 Å². The fourth-order valence-electron chi connectivity index (χ4n) is 3.11. The van der Waals surface area contributed by atoms with Gasteiger partial charge in [0.2, 0.25) is 0 Å². The topological polar surface area (TPSA) is 66.6 Å². The number of aliphatic hydroxyl groups excluding tert-OH is 1. The van der Waals surface area contributed by atoms with E-state index in [0.717, 1.165) is 35.5 Å². The van der Waals surface area contributed by atoms with E-state index in [0.29, 0.717) is 5.56 Å². The number of nitrogens with zero attached hydrogens (tertiary/aromatic N) is 2. The average molecular weight is 298 g/mol. The van der Waals surface area contributed by atoms with E-state index in [9.17, 15) is 15.2 Å². The maximum atomic E-state index is 10.9. The number of anilines is 1. The molecule has 0 bridgehead atoms. The Morgan fingerprint density at radius 2 is 1.68 bits per heavy atom. The fourth-order valence-corrected chi connectivity index (χ4v) is 3.11. The maximum absolute atomic E-state index is 10.9. The number of benzene rings is 2. The normalized spacial score (nSPS) is 15.3. The van der Waals surface area contributed by atoms with E-state index in [1.165, 1.54) is 12.1 Å². The number of nitro groups is 1. The van der Waals surface area contributed by atoms with Gasteiger partial charge < -0.3 is 10.0 Å². The minimum atomic E-state index is -0.805. The van der Waals surface area contributed by atoms with Crippen LogP contribution in [-0.4, -0.2) is 23.1 Å². The second-order valence-corrected chi connectivity index (χ2v) is 5.38. The van der Waals surface area contributed by atoms with Gasteiger partial charge in [-0.3, -0.25) is 10.1 Å². The molecule has 2 aromatic rings. The van der Waals surface area contributed by atoms with E-state index in [-0.39, 0.29) is 5.69 Å². The largest absolute Gasteiger partial charge is 0.384 e. The van der Waals surface area contributed by atoms with Crippen molar-refractivity contribution in [2.75, 3.05) is 18.0 Å². The molecular weight excluding hydrogens is 280 g/mol. The molecule has 2 aromatic carbocycles. The van der Waals surface area contributed by atoms with Crippen molar-refractivity contribution >= 4 is 11.4 Å². The predicted octanol–water partition coefficient (Wildman–Crippen LogP) is 3.50. The first-order chi connectivity index (χ1) is 10.6. The lowest BCUT2D eigenvalue weighted by Crippen LogP contribution is -2.21. The van der Waals surface area contributed by atoms with Crippen molar-refractivity contribution in [3.05, 3.63) is 57.6 Å². The van der Waals surface area contributed by atoms with Crippen molar-refractivity contribution in [3.8, 4) is 11.1 Å². The Balaban J connectivity index is 2.08. The van der Waals surface area contributed by atoms with Crippen LogP contribution in [-0.2, 0) is 0 Å². The van der Waals surface area contributed by atoms with Gasteiger partial charge in [0.1, 0.15) is 6.10 Å². The summed E-state index contributed by atoms with van der Waals surface area (Å²) in [5.74, 6) is 0. The highest BCUT2D eigenvalue weighted by molar-refractivity contribution is 5.81. The van der Waals surface area contributed by atoms with Gasteiger partial charge in [-0.2, -0.15) is 0 Å². The van der Waals surface area contributed by atoms with Crippen LogP contribution in [0.3, 0.4) is 0 Å². The number of hydrogen-bond donors (Lipinski definition) is 1. The van der Waals surface area contributed by atoms with Gasteiger partial charge in [-0.05, 0) is 54.3 Å². The third kappa shape index (κ3) is 2.14. The van der Waals surface area contributed by atoms with Crippen molar-refractivity contribution in [3.63, 3.8) is 0 Å². The summed E-state index contributed by atoms with van der Waals surface area (Å²) in [5.41, 5.74) is 4.33. The molecule has 1 unspecified atom stereocenters. The third-order valence-corrected chi connectivity index (χ3v) is 4.29. The van der Waals surface area contributed by atoms with Crippen LogP contribution in [0, 0.1) is 10.1 Å². The van der Waals surface area contributed by atoms with Gasteiger partial charge in [0, 0.05) is 30.9 Å². The molecule has 5 heteroatoms. The van der Waals surface area contributed by atoms with Gasteiger partial charge in [-0.15, -0.1) is 0 Å². The van der Waals surface area contributed by atoms with Crippen LogP contribution in [0.1, 0.15) is 31.1 Å². The van der Waals surface area contributed by atoms with Crippen LogP contribution in [0.2, 0.25) is 0 Å². The van der Waals surface area contributed by atoms with E-state index in [2.05, 4.69) is 18.7 Å². The molecule has 5 nitrogen and oxygen atoms in total. The summed E-state index contributed by atoms with van der Waals surface area (Å²) in [5, 5.41) is 21.5. The van der Waals surface area contributed by atoms with Crippen molar-refractivity contribution in [1.82, 2.24) is 0 Å². The second-order valence-electron chi connectivity index (χ2n) is 5.38. The molecule has 22 heavy (non-hydrogen) atoms. The summed E-state index contributed by atoms with van der Waals surface area (Å²) in [7, 11) is 0. The minimum Gasteiger partial charge on any atom is -0.384 e. The first kappa shape index (κ1) is 14.5. The van der Waals surface area contributed by atoms with Gasteiger partial charge >= 0.3 is 0 Å². The van der Waals surface area contributed by atoms with E-state index >= 15 is 0 Å². The Kier molecular flexibility index (Phi) is 3.58. The van der Waals surface area contributed by atoms with Crippen molar-refractivity contribution in [2.24, 2.45) is 0 Å². The Morgan fingerprint density at radius 1 is 1.09 bits per heavy atom. The molecule has 114 valence electrons. The number of aliphatic hydroxyl groups is 1. The van der Waals surface area contributed by atoms with E-state index in [1.54, 1.807) is 6.07 Å². The number of fused-ring (bicyclic) bond motifs is 3. The average Bonchev–Trinajstić information content (AvgIpc) is 2.81. The Morgan fingerprint density at radius 3 is 2.27 bits per heavy atom. The first-order valence-electron chi connectivity index (χ1n) is 7.42. The summed E-state index contributed by atoms with van der Waals surface area (Å²) in [4.78, 5) is 12.7. The van der Waals surface area contributed by atoms with Crippen molar-refractivity contribution < 1.29 is 10.0 Å². The van der Waals surface area contributed by atoms with E-state index in [4.69, 9.17) is 0 Å². The number of rotatable bonds is 4. The monoisotopic (exact) mass is 298 g/mol. The lowest BCUT2D eigenvalue weighted by molar-refractivity contribution is -0.384. The molecule has 1 aliphatic carbocycles. The van der Waals surface area contributed by atoms with Gasteiger partial charge in [-0.25, -0.2) is 0 Å². The quantitative estimate of drug-likeness (QED) is 0.693. The standard InChI is InChI=1S/C17H18N2O3/c1-3-18(4-2)11-5-7-13-14-8-6-12(19(21)22)10-16(14)17(20)15(13)9-11/h5-10,17,20H,3-4H2,1-2H3. The van der Waals surface area contributed by atoms with Crippen LogP contribution in [0.5, 0.6) is 0 Å². The molecule has 0 radical (unpaired) electrons. The molecule has 0 fully saturated rings. The molecule has 1 aliphatic rings. The molecule has 0 saturated heterocycles. The highest BCUT2D eigenvalue weighted by Gasteiger charge is 2.29. The van der Waals surface area contributed by atoms with Crippen LogP contribution in [0.4, 0.5) is 11.4 Å². The molecular formula is C17H18N2O3. The summed E-state index contributed by atoms with van der Waals surface area (Å²) in [6, 6.07) is 10.7. The highest BCUT2D eigenvalue weighted by Crippen LogP contribution is 2.45. The molecule has 1 N–H and O–H groups in total. The zero-order chi connectivity index (χ0) is 15.9. The molecule has 0 aromatic heterocycles. The molecule has 0 spiro atoms. The van der Waals surface area contributed by atoms with E-state index < -0.39 is 11.0 Å². The number of non-ortho nitro benzene ring substituents is 1. The third-order valence-electron chi connectivity index (χ3n) is 4.29. The molecule has 3 rings (SSSR count). The lowest BCUT2D eigenvalue weighted by atomic mass is 10.0. The summed E-state index contributed by atoms with van der Waals surface area (Å²) in [6.07, 6.45) is -0.805.